The molecule has 6 rings (SSSR count). The van der Waals surface area contributed by atoms with Gasteiger partial charge in [-0.2, -0.15) is 0 Å². The molecule has 3 aliphatic carbocycles. The van der Waals surface area contributed by atoms with E-state index in [9.17, 15) is 0 Å². The van der Waals surface area contributed by atoms with E-state index in [1.807, 2.05) is 0 Å². The molecule has 48 heavy (non-hydrogen) atoms. The fraction of sp³-hybridized carbons (Fsp3) is 0.511. The van der Waals surface area contributed by atoms with E-state index in [0.717, 1.165) is 11.5 Å². The molecule has 2 nitrogen and oxygen atoms in total. The maximum absolute atomic E-state index is 6.49. The average molecular weight is 660 g/mol. The first-order chi connectivity index (χ1) is 22.1. The molecule has 0 aromatic heterocycles. The van der Waals surface area contributed by atoms with E-state index in [4.69, 9.17) is 4.74 Å². The predicted molar refractivity (Wildman–Crippen MR) is 209 cm³/mol. The SMILES string of the molecule is CC1C(c2ccccc2)C2C=C3C(=CC2C1[Si](C)(C)N(C(C)(C)C)C(C)(C)C)c1ccc(Oc2ccc(C(C)(C)C)cc2)cc1C3(C)C. The summed E-state index contributed by atoms with van der Waals surface area (Å²) in [6.45, 7) is 34.2. The lowest BCUT2D eigenvalue weighted by Crippen LogP contribution is -2.67. The number of allylic oxidation sites excluding steroid dienone is 4. The van der Waals surface area contributed by atoms with Crippen LogP contribution in [0.3, 0.4) is 0 Å². The minimum atomic E-state index is -2.02. The summed E-state index contributed by atoms with van der Waals surface area (Å²) in [5.41, 5.74) is 9.36. The van der Waals surface area contributed by atoms with Crippen molar-refractivity contribution in [2.75, 3.05) is 0 Å². The first kappa shape index (κ1) is 35.0. The average Bonchev–Trinajstić information content (AvgIpc) is 3.37. The van der Waals surface area contributed by atoms with Gasteiger partial charge in [0.25, 0.3) is 0 Å². The van der Waals surface area contributed by atoms with Crippen LogP contribution in [0.4, 0.5) is 0 Å². The molecule has 3 heteroatoms. The number of nitrogens with zero attached hydrogens (tertiary/aromatic N) is 1. The molecule has 0 bridgehead atoms. The summed E-state index contributed by atoms with van der Waals surface area (Å²) < 4.78 is 9.45. The summed E-state index contributed by atoms with van der Waals surface area (Å²) in [5.74, 6) is 3.85. The minimum Gasteiger partial charge on any atom is -0.457 e. The van der Waals surface area contributed by atoms with Gasteiger partial charge in [0, 0.05) is 16.5 Å². The second-order valence-electron chi connectivity index (χ2n) is 19.2. The molecule has 5 atom stereocenters. The maximum atomic E-state index is 6.49. The number of hydrogen-bond donors (Lipinski definition) is 0. The van der Waals surface area contributed by atoms with Crippen molar-refractivity contribution in [3.05, 3.63) is 113 Å². The summed E-state index contributed by atoms with van der Waals surface area (Å²) in [6.07, 6.45) is 5.49. The molecule has 0 N–H and O–H groups in total. The third kappa shape index (κ3) is 5.87. The first-order valence-corrected chi connectivity index (χ1v) is 21.4. The molecular weight excluding hydrogens is 599 g/mol. The van der Waals surface area contributed by atoms with Crippen molar-refractivity contribution in [3.63, 3.8) is 0 Å². The van der Waals surface area contributed by atoms with E-state index >= 15 is 0 Å². The van der Waals surface area contributed by atoms with Crippen LogP contribution in [0.15, 0.2) is 90.5 Å². The molecule has 3 aromatic rings. The van der Waals surface area contributed by atoms with Gasteiger partial charge in [-0.05, 0) is 134 Å². The molecule has 0 heterocycles. The fourth-order valence-electron chi connectivity index (χ4n) is 11.0. The van der Waals surface area contributed by atoms with Crippen LogP contribution >= 0.6 is 0 Å². The van der Waals surface area contributed by atoms with Crippen LogP contribution in [0.5, 0.6) is 11.5 Å². The second-order valence-corrected chi connectivity index (χ2v) is 23.6. The van der Waals surface area contributed by atoms with E-state index in [-0.39, 0.29) is 21.9 Å². The normalized spacial score (nSPS) is 25.3. The Morgan fingerprint density at radius 3 is 1.85 bits per heavy atom. The van der Waals surface area contributed by atoms with Gasteiger partial charge in [0.15, 0.2) is 0 Å². The molecule has 0 spiro atoms. The van der Waals surface area contributed by atoms with Gasteiger partial charge in [0.2, 0.25) is 0 Å². The Morgan fingerprint density at radius 2 is 1.29 bits per heavy atom. The maximum Gasteiger partial charge on any atom is 0.127 e. The van der Waals surface area contributed by atoms with Crippen LogP contribution in [0.25, 0.3) is 5.57 Å². The third-order valence-electron chi connectivity index (χ3n) is 11.9. The van der Waals surface area contributed by atoms with Crippen molar-refractivity contribution < 1.29 is 4.74 Å². The minimum absolute atomic E-state index is 0.0856. The molecule has 0 amide bonds. The Hall–Kier alpha value is -2.88. The zero-order chi connectivity index (χ0) is 35.2. The molecule has 256 valence electrons. The fourth-order valence-corrected chi connectivity index (χ4v) is 17.5. The van der Waals surface area contributed by atoms with Gasteiger partial charge in [-0.15, -0.1) is 0 Å². The van der Waals surface area contributed by atoms with Crippen molar-refractivity contribution in [1.29, 1.82) is 0 Å². The van der Waals surface area contributed by atoms with Crippen LogP contribution in [0.1, 0.15) is 111 Å². The van der Waals surface area contributed by atoms with E-state index in [2.05, 4.69) is 186 Å². The Kier molecular flexibility index (Phi) is 8.44. The Bertz CT molecular complexity index is 1710. The van der Waals surface area contributed by atoms with Gasteiger partial charge in [-0.25, -0.2) is 0 Å². The lowest BCUT2D eigenvalue weighted by Gasteiger charge is -2.57. The lowest BCUT2D eigenvalue weighted by atomic mass is 9.73. The van der Waals surface area contributed by atoms with Gasteiger partial charge in [-0.3, -0.25) is 0 Å². The van der Waals surface area contributed by atoms with Gasteiger partial charge in [0.1, 0.15) is 19.7 Å². The zero-order valence-electron chi connectivity index (χ0n) is 32.3. The number of benzene rings is 3. The largest absolute Gasteiger partial charge is 0.457 e. The van der Waals surface area contributed by atoms with E-state index < -0.39 is 8.24 Å². The van der Waals surface area contributed by atoms with Crippen molar-refractivity contribution in [1.82, 2.24) is 4.57 Å². The van der Waals surface area contributed by atoms with E-state index in [1.165, 1.54) is 33.4 Å². The van der Waals surface area contributed by atoms with Crippen LogP contribution in [0.2, 0.25) is 18.6 Å². The molecule has 1 saturated carbocycles. The third-order valence-corrected chi connectivity index (χ3v) is 17.0. The number of ether oxygens (including phenoxy) is 1. The smallest absolute Gasteiger partial charge is 0.127 e. The Balaban J connectivity index is 1.44. The van der Waals surface area contributed by atoms with Gasteiger partial charge < -0.3 is 9.30 Å². The highest BCUT2D eigenvalue weighted by Crippen LogP contribution is 2.65. The predicted octanol–water partition coefficient (Wildman–Crippen LogP) is 12.5. The Labute approximate surface area is 293 Å². The molecular formula is C45H61NOSi. The van der Waals surface area contributed by atoms with Crippen molar-refractivity contribution in [2.24, 2.45) is 17.8 Å². The zero-order valence-corrected chi connectivity index (χ0v) is 33.3. The number of hydrogen-bond acceptors (Lipinski definition) is 2. The second kappa shape index (κ2) is 11.6. The summed E-state index contributed by atoms with van der Waals surface area (Å²) in [5, 5.41) is 0. The Morgan fingerprint density at radius 1 is 0.708 bits per heavy atom. The summed E-state index contributed by atoms with van der Waals surface area (Å²) in [7, 11) is -2.02. The monoisotopic (exact) mass is 659 g/mol. The van der Waals surface area contributed by atoms with E-state index in [0.29, 0.717) is 29.2 Å². The first-order valence-electron chi connectivity index (χ1n) is 18.4. The summed E-state index contributed by atoms with van der Waals surface area (Å²) >= 11 is 0. The summed E-state index contributed by atoms with van der Waals surface area (Å²) in [6, 6.07) is 26.9. The highest BCUT2D eigenvalue weighted by atomic mass is 28.3. The van der Waals surface area contributed by atoms with Crippen molar-refractivity contribution >= 4 is 13.8 Å². The molecule has 3 aliphatic rings. The van der Waals surface area contributed by atoms with E-state index in [1.54, 1.807) is 0 Å². The van der Waals surface area contributed by atoms with Crippen LogP contribution in [-0.2, 0) is 10.8 Å². The van der Waals surface area contributed by atoms with Gasteiger partial charge in [0.05, 0.1) is 0 Å². The highest BCUT2D eigenvalue weighted by Gasteiger charge is 2.59. The topological polar surface area (TPSA) is 12.5 Å². The molecule has 1 fully saturated rings. The molecule has 3 aromatic carbocycles. The van der Waals surface area contributed by atoms with Crippen LogP contribution in [-0.4, -0.2) is 23.9 Å². The lowest BCUT2D eigenvalue weighted by molar-refractivity contribution is 0.121. The number of rotatable bonds is 5. The van der Waals surface area contributed by atoms with Gasteiger partial charge >= 0.3 is 0 Å². The van der Waals surface area contributed by atoms with Crippen LogP contribution < -0.4 is 4.74 Å². The number of fused-ring (bicyclic) bond motifs is 4. The van der Waals surface area contributed by atoms with Gasteiger partial charge in [-0.1, -0.05) is 115 Å². The molecule has 5 unspecified atom stereocenters. The summed E-state index contributed by atoms with van der Waals surface area (Å²) in [4.78, 5) is 0. The van der Waals surface area contributed by atoms with Crippen LogP contribution in [0, 0.1) is 17.8 Å². The highest BCUT2D eigenvalue weighted by molar-refractivity contribution is 6.76. The van der Waals surface area contributed by atoms with Crippen molar-refractivity contribution in [3.8, 4) is 11.5 Å². The van der Waals surface area contributed by atoms with Crippen molar-refractivity contribution in [2.45, 2.75) is 130 Å². The molecule has 0 radical (unpaired) electrons. The molecule has 0 saturated heterocycles. The molecule has 0 aliphatic heterocycles. The standard InChI is InChI=1S/C45H61NOSi/c1-29-40(30-18-16-15-17-19-30)36-28-39-35(27-37(36)41(29)48(13,14)46(43(5,6)7)44(8,9)10)34-25-24-33(26-38(34)45(39,11)12)47-32-22-20-31(21-23-32)42(2,3)4/h15-29,36-37,40-41H,1-14H3. The quantitative estimate of drug-likeness (QED) is 0.253.